The molecule has 0 radical (unpaired) electrons. The van der Waals surface area contributed by atoms with Gasteiger partial charge >= 0.3 is 0 Å². The zero-order valence-corrected chi connectivity index (χ0v) is 9.54. The number of alkyl halides is 2. The Hall–Kier alpha value is -1.45. The van der Waals surface area contributed by atoms with Crippen molar-refractivity contribution in [1.82, 2.24) is 9.55 Å². The average molecular weight is 224 g/mol. The van der Waals surface area contributed by atoms with Gasteiger partial charge in [0.05, 0.1) is 11.0 Å². The van der Waals surface area contributed by atoms with Gasteiger partial charge in [-0.1, -0.05) is 12.1 Å². The van der Waals surface area contributed by atoms with Crippen molar-refractivity contribution < 1.29 is 8.78 Å². The van der Waals surface area contributed by atoms with E-state index in [1.165, 1.54) is 0 Å². The monoisotopic (exact) mass is 224 g/mol. The topological polar surface area (TPSA) is 17.8 Å². The molecule has 0 bridgehead atoms. The summed E-state index contributed by atoms with van der Waals surface area (Å²) < 4.78 is 27.4. The molecule has 0 fully saturated rings. The molecule has 16 heavy (non-hydrogen) atoms. The summed E-state index contributed by atoms with van der Waals surface area (Å²) in [4.78, 5) is 3.99. The first-order valence-corrected chi connectivity index (χ1v) is 5.17. The largest absolute Gasteiger partial charge is 0.318 e. The van der Waals surface area contributed by atoms with E-state index < -0.39 is 12.0 Å². The fourth-order valence-electron chi connectivity index (χ4n) is 1.90. The van der Waals surface area contributed by atoms with Crippen LogP contribution in [0.5, 0.6) is 0 Å². The lowest BCUT2D eigenvalue weighted by Crippen LogP contribution is -2.24. The molecule has 1 heterocycles. The number of nitrogens with zero attached hydrogens (tertiary/aromatic N) is 2. The molecule has 2 aromatic rings. The lowest BCUT2D eigenvalue weighted by atomic mass is 10.1. The molecule has 0 saturated heterocycles. The van der Waals surface area contributed by atoms with Crippen molar-refractivity contribution in [1.29, 1.82) is 0 Å². The molecule has 86 valence electrons. The smallest absolute Gasteiger partial charge is 0.295 e. The summed E-state index contributed by atoms with van der Waals surface area (Å²) in [5.74, 6) is -0.159. The lowest BCUT2D eigenvalue weighted by molar-refractivity contribution is 0.129. The fourth-order valence-corrected chi connectivity index (χ4v) is 1.90. The van der Waals surface area contributed by atoms with Crippen molar-refractivity contribution in [2.24, 2.45) is 0 Å². The number of imidazole rings is 1. The van der Waals surface area contributed by atoms with Crippen LogP contribution in [0, 0.1) is 0 Å². The Kier molecular flexibility index (Phi) is 2.45. The molecule has 0 saturated carbocycles. The maximum absolute atomic E-state index is 12.9. The second-order valence-electron chi connectivity index (χ2n) is 4.77. The molecule has 0 aliphatic heterocycles. The molecule has 0 aliphatic rings. The Morgan fingerprint density at radius 1 is 1.19 bits per heavy atom. The molecular weight excluding hydrogens is 210 g/mol. The molecule has 4 heteroatoms. The second-order valence-corrected chi connectivity index (χ2v) is 4.77. The highest BCUT2D eigenvalue weighted by Gasteiger charge is 2.25. The van der Waals surface area contributed by atoms with Crippen molar-refractivity contribution in [3.8, 4) is 0 Å². The fraction of sp³-hybridized carbons (Fsp3) is 0.417. The zero-order chi connectivity index (χ0) is 11.9. The molecule has 0 atom stereocenters. The van der Waals surface area contributed by atoms with Crippen LogP contribution in [0.2, 0.25) is 0 Å². The van der Waals surface area contributed by atoms with Gasteiger partial charge in [0.15, 0.2) is 5.82 Å². The first kappa shape index (κ1) is 11.0. The van der Waals surface area contributed by atoms with E-state index in [9.17, 15) is 8.78 Å². The number of para-hydroxylation sites is 2. The molecular formula is C12H14F2N2. The van der Waals surface area contributed by atoms with Crippen LogP contribution < -0.4 is 0 Å². The van der Waals surface area contributed by atoms with Crippen LogP contribution >= 0.6 is 0 Å². The quantitative estimate of drug-likeness (QED) is 0.721. The van der Waals surface area contributed by atoms with Crippen LogP contribution in [-0.4, -0.2) is 9.55 Å². The van der Waals surface area contributed by atoms with Crippen molar-refractivity contribution in [3.05, 3.63) is 30.1 Å². The number of fused-ring (bicyclic) bond motifs is 1. The van der Waals surface area contributed by atoms with Crippen LogP contribution in [0.25, 0.3) is 11.0 Å². The summed E-state index contributed by atoms with van der Waals surface area (Å²) in [5.41, 5.74) is 0.972. The molecule has 2 rings (SSSR count). The minimum absolute atomic E-state index is 0.159. The van der Waals surface area contributed by atoms with Crippen molar-refractivity contribution in [2.45, 2.75) is 32.7 Å². The van der Waals surface area contributed by atoms with Crippen molar-refractivity contribution in [2.75, 3.05) is 0 Å². The van der Waals surface area contributed by atoms with Gasteiger partial charge < -0.3 is 4.57 Å². The Morgan fingerprint density at radius 2 is 1.81 bits per heavy atom. The van der Waals surface area contributed by atoms with Crippen LogP contribution in [0.3, 0.4) is 0 Å². The third-order valence-electron chi connectivity index (χ3n) is 2.45. The summed E-state index contributed by atoms with van der Waals surface area (Å²) in [6.07, 6.45) is -2.55. The summed E-state index contributed by atoms with van der Waals surface area (Å²) in [6.45, 7) is 5.69. The van der Waals surface area contributed by atoms with E-state index in [1.807, 2.05) is 32.9 Å². The molecule has 1 aromatic heterocycles. The predicted molar refractivity (Wildman–Crippen MR) is 59.7 cm³/mol. The minimum atomic E-state index is -2.55. The average Bonchev–Trinajstić information content (AvgIpc) is 2.55. The highest BCUT2D eigenvalue weighted by Crippen LogP contribution is 2.30. The maximum atomic E-state index is 12.9. The van der Waals surface area contributed by atoms with Gasteiger partial charge in [-0.3, -0.25) is 0 Å². The lowest BCUT2D eigenvalue weighted by Gasteiger charge is -2.24. The van der Waals surface area contributed by atoms with E-state index in [1.54, 1.807) is 16.7 Å². The highest BCUT2D eigenvalue weighted by atomic mass is 19.3. The van der Waals surface area contributed by atoms with Gasteiger partial charge in [0.2, 0.25) is 0 Å². The maximum Gasteiger partial charge on any atom is 0.295 e. The number of halogens is 2. The molecule has 0 unspecified atom stereocenters. The third-order valence-corrected chi connectivity index (χ3v) is 2.45. The van der Waals surface area contributed by atoms with Crippen LogP contribution in [-0.2, 0) is 5.54 Å². The first-order valence-electron chi connectivity index (χ1n) is 5.17. The van der Waals surface area contributed by atoms with Gasteiger partial charge in [-0.2, -0.15) is 0 Å². The van der Waals surface area contributed by atoms with E-state index in [0.717, 1.165) is 5.52 Å². The summed E-state index contributed by atoms with van der Waals surface area (Å²) in [5, 5.41) is 0. The van der Waals surface area contributed by atoms with Gasteiger partial charge in [-0.25, -0.2) is 13.8 Å². The van der Waals surface area contributed by atoms with Gasteiger partial charge in [-0.05, 0) is 32.9 Å². The third kappa shape index (κ3) is 1.68. The summed E-state index contributed by atoms with van der Waals surface area (Å²) in [6, 6.07) is 7.21. The van der Waals surface area contributed by atoms with Crippen molar-refractivity contribution >= 4 is 11.0 Å². The number of hydrogen-bond donors (Lipinski definition) is 0. The minimum Gasteiger partial charge on any atom is -0.318 e. The molecule has 1 aromatic carbocycles. The van der Waals surface area contributed by atoms with E-state index >= 15 is 0 Å². The number of benzene rings is 1. The Labute approximate surface area is 92.9 Å². The van der Waals surface area contributed by atoms with E-state index in [0.29, 0.717) is 5.52 Å². The summed E-state index contributed by atoms with van der Waals surface area (Å²) in [7, 11) is 0. The molecule has 2 nitrogen and oxygen atoms in total. The van der Waals surface area contributed by atoms with E-state index in [4.69, 9.17) is 0 Å². The SMILES string of the molecule is CC(C)(C)n1c(C(F)F)nc2ccccc21. The second kappa shape index (κ2) is 3.54. The highest BCUT2D eigenvalue weighted by molar-refractivity contribution is 5.76. The van der Waals surface area contributed by atoms with Gasteiger partial charge in [-0.15, -0.1) is 0 Å². The van der Waals surface area contributed by atoms with Gasteiger partial charge in [0, 0.05) is 5.54 Å². The van der Waals surface area contributed by atoms with Crippen molar-refractivity contribution in [3.63, 3.8) is 0 Å². The Balaban J connectivity index is 2.80. The normalized spacial score (nSPS) is 12.6. The van der Waals surface area contributed by atoms with E-state index in [2.05, 4.69) is 4.98 Å². The predicted octanol–water partition coefficient (Wildman–Crippen LogP) is 3.73. The van der Waals surface area contributed by atoms with E-state index in [-0.39, 0.29) is 5.82 Å². The number of rotatable bonds is 1. The van der Waals surface area contributed by atoms with Crippen LogP contribution in [0.1, 0.15) is 33.0 Å². The molecule has 0 spiro atoms. The van der Waals surface area contributed by atoms with Crippen LogP contribution in [0.15, 0.2) is 24.3 Å². The first-order chi connectivity index (χ1) is 7.41. The Bertz CT molecular complexity index is 509. The molecule has 0 N–H and O–H groups in total. The summed E-state index contributed by atoms with van der Waals surface area (Å²) >= 11 is 0. The molecule has 0 amide bonds. The van der Waals surface area contributed by atoms with Crippen LogP contribution in [0.4, 0.5) is 8.78 Å². The zero-order valence-electron chi connectivity index (χ0n) is 9.54. The number of aromatic nitrogens is 2. The standard InChI is InChI=1S/C12H14F2N2/c1-12(2,3)16-9-7-5-4-6-8(9)15-11(16)10(13)14/h4-7,10H,1-3H3. The van der Waals surface area contributed by atoms with Gasteiger partial charge in [0.25, 0.3) is 6.43 Å². The number of hydrogen-bond acceptors (Lipinski definition) is 1. The Morgan fingerprint density at radius 3 is 2.38 bits per heavy atom. The molecule has 0 aliphatic carbocycles. The van der Waals surface area contributed by atoms with Gasteiger partial charge in [0.1, 0.15) is 0 Å².